The van der Waals surface area contributed by atoms with E-state index in [1.807, 2.05) is 36.5 Å². The number of nitrogens with zero attached hydrogens (tertiary/aromatic N) is 6. The van der Waals surface area contributed by atoms with E-state index in [0.29, 0.717) is 0 Å². The summed E-state index contributed by atoms with van der Waals surface area (Å²) in [5, 5.41) is 21.2. The van der Waals surface area contributed by atoms with Crippen LogP contribution in [0.15, 0.2) is 61.1 Å². The summed E-state index contributed by atoms with van der Waals surface area (Å²) in [5.74, 6) is 0. The fraction of sp³-hybridized carbons (Fsp3) is 0.118. The van der Waals surface area contributed by atoms with Crippen molar-refractivity contribution in [2.75, 3.05) is 5.32 Å². The highest BCUT2D eigenvalue weighted by molar-refractivity contribution is 7.18. The third-order valence-corrected chi connectivity index (χ3v) is 4.61. The molecule has 0 spiro atoms. The molecule has 0 aliphatic heterocycles. The molecule has 0 amide bonds. The number of rotatable bonds is 5. The normalized spacial score (nSPS) is 12.0. The number of nitrogens with one attached hydrogen (secondary N) is 1. The van der Waals surface area contributed by atoms with Gasteiger partial charge in [0.15, 0.2) is 5.01 Å². The van der Waals surface area contributed by atoms with Crippen molar-refractivity contribution in [1.29, 1.82) is 0 Å². The van der Waals surface area contributed by atoms with Crippen LogP contribution in [0.25, 0.3) is 16.4 Å². The lowest BCUT2D eigenvalue weighted by Crippen LogP contribution is -2.06. The van der Waals surface area contributed by atoms with Gasteiger partial charge in [-0.2, -0.15) is 0 Å². The third-order valence-electron chi connectivity index (χ3n) is 3.73. The van der Waals surface area contributed by atoms with Crippen molar-refractivity contribution in [2.24, 2.45) is 0 Å². The van der Waals surface area contributed by atoms with Crippen LogP contribution >= 0.6 is 11.3 Å². The van der Waals surface area contributed by atoms with Crippen molar-refractivity contribution in [3.63, 3.8) is 0 Å². The number of hydrogen-bond acceptors (Lipinski definition) is 7. The molecule has 0 saturated heterocycles. The third kappa shape index (κ3) is 3.38. The average molecular weight is 349 g/mol. The van der Waals surface area contributed by atoms with Crippen LogP contribution in [0.2, 0.25) is 0 Å². The molecule has 0 bridgehead atoms. The van der Waals surface area contributed by atoms with Crippen LogP contribution < -0.4 is 5.32 Å². The minimum Gasteiger partial charge on any atom is -0.354 e. The molecule has 25 heavy (non-hydrogen) atoms. The van der Waals surface area contributed by atoms with Crippen LogP contribution in [0, 0.1) is 0 Å². The first kappa shape index (κ1) is 15.4. The summed E-state index contributed by atoms with van der Waals surface area (Å²) in [4.78, 5) is 4.30. The van der Waals surface area contributed by atoms with Crippen molar-refractivity contribution in [3.05, 3.63) is 66.6 Å². The Morgan fingerprint density at radius 2 is 1.92 bits per heavy atom. The van der Waals surface area contributed by atoms with Gasteiger partial charge in [-0.1, -0.05) is 34.7 Å². The molecule has 0 unspecified atom stereocenters. The van der Waals surface area contributed by atoms with Crippen LogP contribution in [0.5, 0.6) is 0 Å². The van der Waals surface area contributed by atoms with E-state index >= 15 is 0 Å². The average Bonchev–Trinajstić information content (AvgIpc) is 3.35. The van der Waals surface area contributed by atoms with E-state index < -0.39 is 0 Å². The van der Waals surface area contributed by atoms with E-state index in [9.17, 15) is 0 Å². The zero-order valence-electron chi connectivity index (χ0n) is 13.4. The Bertz CT molecular complexity index is 933. The second-order valence-electron chi connectivity index (χ2n) is 5.43. The highest BCUT2D eigenvalue weighted by Gasteiger charge is 2.11. The van der Waals surface area contributed by atoms with E-state index in [1.165, 1.54) is 11.3 Å². The second-order valence-corrected chi connectivity index (χ2v) is 6.41. The van der Waals surface area contributed by atoms with E-state index in [1.54, 1.807) is 17.1 Å². The summed E-state index contributed by atoms with van der Waals surface area (Å²) in [6.07, 6.45) is 5.23. The fourth-order valence-electron chi connectivity index (χ4n) is 2.40. The molecule has 0 radical (unpaired) electrons. The largest absolute Gasteiger partial charge is 0.354 e. The molecule has 1 atom stereocenters. The summed E-state index contributed by atoms with van der Waals surface area (Å²) in [6.45, 7) is 2.09. The zero-order chi connectivity index (χ0) is 17.1. The van der Waals surface area contributed by atoms with E-state index in [0.717, 1.165) is 27.1 Å². The highest BCUT2D eigenvalue weighted by Crippen LogP contribution is 2.27. The van der Waals surface area contributed by atoms with Gasteiger partial charge in [0, 0.05) is 6.20 Å². The lowest BCUT2D eigenvalue weighted by Gasteiger charge is -2.13. The standard InChI is InChI=1S/C17H15N7S/c1-12(13-5-7-14(8-6-13)24-11-10-19-23-24)20-17-22-21-16(25-17)15-4-2-3-9-18-15/h2-12H,1H3,(H,20,22)/t12-/m1/s1. The van der Waals surface area contributed by atoms with Gasteiger partial charge in [-0.25, -0.2) is 4.68 Å². The summed E-state index contributed by atoms with van der Waals surface area (Å²) >= 11 is 1.49. The molecule has 3 aromatic heterocycles. The Labute approximate surface area is 148 Å². The molecule has 0 saturated carbocycles. The van der Waals surface area contributed by atoms with Gasteiger partial charge in [0.25, 0.3) is 0 Å². The van der Waals surface area contributed by atoms with Crippen molar-refractivity contribution >= 4 is 16.5 Å². The van der Waals surface area contributed by atoms with Crippen molar-refractivity contribution < 1.29 is 0 Å². The van der Waals surface area contributed by atoms with Crippen molar-refractivity contribution in [1.82, 2.24) is 30.2 Å². The van der Waals surface area contributed by atoms with Gasteiger partial charge in [0.1, 0.15) is 5.69 Å². The van der Waals surface area contributed by atoms with Gasteiger partial charge in [0.05, 0.1) is 24.1 Å². The van der Waals surface area contributed by atoms with Gasteiger partial charge in [0.2, 0.25) is 5.13 Å². The SMILES string of the molecule is C[C@@H](Nc1nnc(-c2ccccn2)s1)c1ccc(-n2ccnn2)cc1. The smallest absolute Gasteiger partial charge is 0.206 e. The van der Waals surface area contributed by atoms with Crippen LogP contribution in [0.1, 0.15) is 18.5 Å². The van der Waals surface area contributed by atoms with Gasteiger partial charge in [-0.15, -0.1) is 15.3 Å². The molecule has 4 aromatic rings. The molecule has 124 valence electrons. The molecule has 7 nitrogen and oxygen atoms in total. The molecule has 4 rings (SSSR count). The van der Waals surface area contributed by atoms with Crippen LogP contribution in [0.3, 0.4) is 0 Å². The predicted octanol–water partition coefficient (Wildman–Crippen LogP) is 3.35. The Kier molecular flexibility index (Phi) is 4.17. The monoisotopic (exact) mass is 349 g/mol. The number of hydrogen-bond donors (Lipinski definition) is 1. The quantitative estimate of drug-likeness (QED) is 0.595. The summed E-state index contributed by atoms with van der Waals surface area (Å²) in [5.41, 5.74) is 2.96. The first-order valence-electron chi connectivity index (χ1n) is 7.78. The summed E-state index contributed by atoms with van der Waals surface area (Å²) in [6, 6.07) is 14.0. The molecule has 1 N–H and O–H groups in total. The topological polar surface area (TPSA) is 81.4 Å². The Balaban J connectivity index is 1.47. The zero-order valence-corrected chi connectivity index (χ0v) is 14.3. The van der Waals surface area contributed by atoms with Gasteiger partial charge in [-0.3, -0.25) is 4.98 Å². The second kappa shape index (κ2) is 6.78. The maximum Gasteiger partial charge on any atom is 0.206 e. The van der Waals surface area contributed by atoms with Crippen LogP contribution in [-0.4, -0.2) is 30.2 Å². The number of benzene rings is 1. The summed E-state index contributed by atoms with van der Waals surface area (Å²) < 4.78 is 1.73. The van der Waals surface area contributed by atoms with E-state index in [4.69, 9.17) is 0 Å². The van der Waals surface area contributed by atoms with Crippen LogP contribution in [0.4, 0.5) is 5.13 Å². The fourth-order valence-corrected chi connectivity index (χ4v) is 3.21. The number of aromatic nitrogens is 6. The van der Waals surface area contributed by atoms with E-state index in [2.05, 4.69) is 49.9 Å². The Morgan fingerprint density at radius 1 is 1.04 bits per heavy atom. The molecular weight excluding hydrogens is 334 g/mol. The Morgan fingerprint density at radius 3 is 2.64 bits per heavy atom. The van der Waals surface area contributed by atoms with Gasteiger partial charge >= 0.3 is 0 Å². The maximum absolute atomic E-state index is 4.30. The lowest BCUT2D eigenvalue weighted by molar-refractivity contribution is 0.800. The minimum absolute atomic E-state index is 0.106. The van der Waals surface area contributed by atoms with Gasteiger partial charge in [-0.05, 0) is 36.8 Å². The van der Waals surface area contributed by atoms with Crippen LogP contribution in [-0.2, 0) is 0 Å². The lowest BCUT2D eigenvalue weighted by atomic mass is 10.1. The van der Waals surface area contributed by atoms with Crippen molar-refractivity contribution in [3.8, 4) is 16.4 Å². The predicted molar refractivity (Wildman–Crippen MR) is 96.5 cm³/mol. The molecule has 0 fully saturated rings. The van der Waals surface area contributed by atoms with Gasteiger partial charge < -0.3 is 5.32 Å². The van der Waals surface area contributed by atoms with Crippen molar-refractivity contribution in [2.45, 2.75) is 13.0 Å². The first-order valence-corrected chi connectivity index (χ1v) is 8.59. The number of pyridine rings is 1. The molecule has 8 heteroatoms. The van der Waals surface area contributed by atoms with E-state index in [-0.39, 0.29) is 6.04 Å². The highest BCUT2D eigenvalue weighted by atomic mass is 32.1. The molecule has 0 aliphatic rings. The summed E-state index contributed by atoms with van der Waals surface area (Å²) in [7, 11) is 0. The minimum atomic E-state index is 0.106. The Hall–Kier alpha value is -3.13. The maximum atomic E-state index is 4.30. The molecule has 3 heterocycles. The molecular formula is C17H15N7S. The number of anilines is 1. The first-order chi connectivity index (χ1) is 12.3. The molecule has 1 aromatic carbocycles. The molecule has 0 aliphatic carbocycles.